The van der Waals surface area contributed by atoms with E-state index in [-0.39, 0.29) is 24.4 Å². The lowest BCUT2D eigenvalue weighted by atomic mass is 10.1. The van der Waals surface area contributed by atoms with Gasteiger partial charge in [-0.05, 0) is 110 Å². The van der Waals surface area contributed by atoms with Crippen molar-refractivity contribution in [1.29, 1.82) is 0 Å². The van der Waals surface area contributed by atoms with Gasteiger partial charge in [0.25, 0.3) is 0 Å². The summed E-state index contributed by atoms with van der Waals surface area (Å²) in [5, 5.41) is 7.06. The molecule has 0 aromatic heterocycles. The number of unbranched alkanes of at least 4 members (excludes halogenated alkanes) is 2. The van der Waals surface area contributed by atoms with E-state index >= 15 is 0 Å². The van der Waals surface area contributed by atoms with Crippen molar-refractivity contribution >= 4 is 56.8 Å². The Bertz CT molecular complexity index is 2120. The fourth-order valence-electron chi connectivity index (χ4n) is 8.61. The molecule has 6 aromatic carbocycles. The Labute approximate surface area is 447 Å². The van der Waals surface area contributed by atoms with E-state index in [0.717, 1.165) is 36.4 Å². The molecule has 0 aliphatic heterocycles. The topological polar surface area (TPSA) is 55.4 Å². The smallest absolute Gasteiger partial charge is 0.387 e. The SMILES string of the molecule is CC(C)O[Si](OC(C)C)(c1ccccc1)c1ccccc1.CCC(C)O[Si](OC(C)CC)(c1ccccc1)c1ccccc1.CCCCC(C)CO[Si](OCC(C)CCCC)(c1ccccc1)c1ccccc1. The van der Waals surface area contributed by atoms with Gasteiger partial charge in [-0.2, -0.15) is 0 Å². The summed E-state index contributed by atoms with van der Waals surface area (Å²) in [7, 11) is -8.14. The van der Waals surface area contributed by atoms with Gasteiger partial charge in [-0.15, -0.1) is 0 Å². The fourth-order valence-corrected chi connectivity index (χ4v) is 19.2. The molecule has 0 fully saturated rings. The van der Waals surface area contributed by atoms with Gasteiger partial charge in [-0.25, -0.2) is 0 Å². The van der Waals surface area contributed by atoms with Crippen LogP contribution in [-0.2, 0) is 26.6 Å². The van der Waals surface area contributed by atoms with Gasteiger partial charge in [-0.1, -0.05) is 249 Å². The van der Waals surface area contributed by atoms with Crippen molar-refractivity contribution in [2.24, 2.45) is 11.8 Å². The molecule has 4 unspecified atom stereocenters. The van der Waals surface area contributed by atoms with E-state index < -0.39 is 25.7 Å². The summed E-state index contributed by atoms with van der Waals surface area (Å²) in [4.78, 5) is 0. The molecule has 0 radical (unpaired) electrons. The molecule has 0 amide bonds. The third-order valence-electron chi connectivity index (χ3n) is 12.9. The van der Waals surface area contributed by atoms with E-state index in [1.165, 1.54) is 59.3 Å². The molecule has 0 saturated heterocycles. The first kappa shape index (κ1) is 61.3. The average molecular weight is 1040 g/mol. The minimum atomic E-state index is -2.75. The summed E-state index contributed by atoms with van der Waals surface area (Å²) in [6.07, 6.45) is 9.86. The zero-order valence-electron chi connectivity index (χ0n) is 46.8. The van der Waals surface area contributed by atoms with Crippen LogP contribution in [0.25, 0.3) is 0 Å². The van der Waals surface area contributed by atoms with Crippen molar-refractivity contribution in [3.63, 3.8) is 0 Å². The summed E-state index contributed by atoms with van der Waals surface area (Å²) >= 11 is 0. The van der Waals surface area contributed by atoms with E-state index in [0.29, 0.717) is 11.8 Å². The number of hydrogen-bond acceptors (Lipinski definition) is 6. The molecule has 6 aromatic rings. The van der Waals surface area contributed by atoms with Gasteiger partial charge >= 0.3 is 25.7 Å². The summed E-state index contributed by atoms with van der Waals surface area (Å²) in [5.74, 6) is 1.07. The van der Waals surface area contributed by atoms with Gasteiger partial charge < -0.3 is 26.6 Å². The third kappa shape index (κ3) is 19.1. The molecule has 4 atom stereocenters. The number of hydrogen-bond donors (Lipinski definition) is 0. The first-order valence-corrected chi connectivity index (χ1v) is 33.1. The zero-order chi connectivity index (χ0) is 53.0. The van der Waals surface area contributed by atoms with Crippen LogP contribution < -0.4 is 31.1 Å². The highest BCUT2D eigenvalue weighted by Gasteiger charge is 2.46. The zero-order valence-corrected chi connectivity index (χ0v) is 49.8. The van der Waals surface area contributed by atoms with E-state index in [2.05, 4.69) is 217 Å². The second-order valence-electron chi connectivity index (χ2n) is 20.2. The van der Waals surface area contributed by atoms with Crippen molar-refractivity contribution in [3.8, 4) is 0 Å². The number of rotatable bonds is 28. The van der Waals surface area contributed by atoms with Crippen LogP contribution in [0, 0.1) is 11.8 Å². The van der Waals surface area contributed by atoms with Gasteiger partial charge in [0.1, 0.15) is 0 Å². The Morgan fingerprint density at radius 1 is 0.315 bits per heavy atom. The fraction of sp³-hybridized carbons (Fsp3) is 0.438. The van der Waals surface area contributed by atoms with Crippen LogP contribution in [0.15, 0.2) is 182 Å². The molecule has 0 aliphatic carbocycles. The van der Waals surface area contributed by atoms with Crippen LogP contribution in [0.5, 0.6) is 0 Å². The quantitative estimate of drug-likeness (QED) is 0.0457. The van der Waals surface area contributed by atoms with Gasteiger partial charge in [0.15, 0.2) is 0 Å². The molecule has 6 nitrogen and oxygen atoms in total. The van der Waals surface area contributed by atoms with E-state index in [1.807, 2.05) is 48.5 Å². The largest absolute Gasteiger partial charge is 0.407 e. The van der Waals surface area contributed by atoms with E-state index in [9.17, 15) is 0 Å². The Kier molecular flexibility index (Phi) is 27.6. The maximum Gasteiger partial charge on any atom is 0.407 e. The number of benzene rings is 6. The van der Waals surface area contributed by atoms with Gasteiger partial charge in [0, 0.05) is 37.6 Å². The molecule has 396 valence electrons. The molecule has 0 bridgehead atoms. The highest BCUT2D eigenvalue weighted by molar-refractivity contribution is 6.93. The molecule has 0 spiro atoms. The van der Waals surface area contributed by atoms with Crippen molar-refractivity contribution in [2.75, 3.05) is 13.2 Å². The van der Waals surface area contributed by atoms with Gasteiger partial charge in [-0.3, -0.25) is 0 Å². The van der Waals surface area contributed by atoms with Crippen LogP contribution in [0.2, 0.25) is 0 Å². The second-order valence-corrected chi connectivity index (χ2v) is 28.9. The highest BCUT2D eigenvalue weighted by atomic mass is 28.4. The monoisotopic (exact) mass is 1040 g/mol. The maximum atomic E-state index is 6.83. The second kappa shape index (κ2) is 32.9. The van der Waals surface area contributed by atoms with Crippen LogP contribution in [-0.4, -0.2) is 63.3 Å². The summed E-state index contributed by atoms with van der Waals surface area (Å²) in [6, 6.07) is 63.0. The lowest BCUT2D eigenvalue weighted by Gasteiger charge is -2.36. The van der Waals surface area contributed by atoms with Crippen molar-refractivity contribution in [1.82, 2.24) is 0 Å². The summed E-state index contributed by atoms with van der Waals surface area (Å²) < 4.78 is 39.8. The Morgan fingerprint density at radius 3 is 0.767 bits per heavy atom. The van der Waals surface area contributed by atoms with Crippen LogP contribution in [0.1, 0.15) is 134 Å². The predicted molar refractivity (Wildman–Crippen MR) is 317 cm³/mol. The summed E-state index contributed by atoms with van der Waals surface area (Å²) in [6.45, 7) is 27.4. The van der Waals surface area contributed by atoms with E-state index in [1.54, 1.807) is 0 Å². The standard InChI is InChI=1S/C26H40O2Si.C20H28O2Si.C18H24O2Si/c1-5-7-15-23(3)21-27-29(25-17-11-9-12-18-25,26-19-13-10-14-20-26)28-22-24(4)16-8-6-2;1-5-17(3)21-23(22-18(4)6-2,19-13-9-7-10-14-19)20-15-11-8-12-16-20;1-15(2)19-21(20-16(3)4,17-11-7-5-8-12-17)18-13-9-6-10-14-18/h9-14,17-20,23-24H,5-8,15-16,21-22H2,1-4H3;7-18H,5-6H2,1-4H3;5-16H,1-4H3. The van der Waals surface area contributed by atoms with Gasteiger partial charge in [0.2, 0.25) is 0 Å². The molecule has 0 aliphatic rings. The normalized spacial score (nSPS) is 13.6. The molecule has 6 rings (SSSR count). The Hall–Kier alpha value is -4.27. The molecule has 9 heteroatoms. The molecule has 73 heavy (non-hydrogen) atoms. The van der Waals surface area contributed by atoms with Gasteiger partial charge in [0.05, 0.1) is 0 Å². The van der Waals surface area contributed by atoms with Crippen molar-refractivity contribution < 1.29 is 26.6 Å². The lowest BCUT2D eigenvalue weighted by Crippen LogP contribution is -2.65. The first-order chi connectivity index (χ1) is 35.3. The lowest BCUT2D eigenvalue weighted by molar-refractivity contribution is 0.106. The average Bonchev–Trinajstić information content (AvgIpc) is 3.43. The minimum Gasteiger partial charge on any atom is -0.387 e. The molecular weight excluding hydrogens is 949 g/mol. The maximum absolute atomic E-state index is 6.83. The van der Waals surface area contributed by atoms with Crippen molar-refractivity contribution in [3.05, 3.63) is 182 Å². The first-order valence-electron chi connectivity index (χ1n) is 27.6. The third-order valence-corrected chi connectivity index (χ3v) is 23.6. The van der Waals surface area contributed by atoms with E-state index in [4.69, 9.17) is 26.6 Å². The summed E-state index contributed by atoms with van der Waals surface area (Å²) in [5.41, 5.74) is 0. The van der Waals surface area contributed by atoms with Crippen LogP contribution in [0.4, 0.5) is 0 Å². The Balaban J connectivity index is 0.000000241. The van der Waals surface area contributed by atoms with Crippen LogP contribution in [0.3, 0.4) is 0 Å². The molecule has 0 heterocycles. The highest BCUT2D eigenvalue weighted by Crippen LogP contribution is 2.20. The molecule has 0 saturated carbocycles. The Morgan fingerprint density at radius 2 is 0.548 bits per heavy atom. The minimum absolute atomic E-state index is 0.107. The molecular formula is C64H92O6Si3. The van der Waals surface area contributed by atoms with Crippen LogP contribution >= 0.6 is 0 Å². The van der Waals surface area contributed by atoms with Crippen molar-refractivity contribution in [2.45, 2.75) is 159 Å². The predicted octanol–water partition coefficient (Wildman–Crippen LogP) is 12.9. The molecule has 0 N–H and O–H groups in total.